The minimum atomic E-state index is 0.599. The van der Waals surface area contributed by atoms with Gasteiger partial charge in [-0.1, -0.05) is 6.07 Å². The van der Waals surface area contributed by atoms with Crippen molar-refractivity contribution < 1.29 is 9.47 Å². The van der Waals surface area contributed by atoms with Crippen molar-refractivity contribution in [1.82, 2.24) is 0 Å². The summed E-state index contributed by atoms with van der Waals surface area (Å²) in [6.07, 6.45) is 2.40. The molecule has 0 fully saturated rings. The highest BCUT2D eigenvalue weighted by Gasteiger charge is 1.96. The van der Waals surface area contributed by atoms with Gasteiger partial charge in [0.15, 0.2) is 0 Å². The van der Waals surface area contributed by atoms with Gasteiger partial charge in [-0.15, -0.1) is 0 Å². The van der Waals surface area contributed by atoms with Gasteiger partial charge >= 0.3 is 0 Å². The predicted octanol–water partition coefficient (Wildman–Crippen LogP) is 2.77. The first-order valence-electron chi connectivity index (χ1n) is 5.00. The number of rotatable bonds is 6. The van der Waals surface area contributed by atoms with Crippen LogP contribution in [0.1, 0.15) is 19.3 Å². The largest absolute Gasteiger partial charge is 0.497 e. The summed E-state index contributed by atoms with van der Waals surface area (Å²) in [6.45, 7) is 0.648. The van der Waals surface area contributed by atoms with Gasteiger partial charge in [-0.05, 0) is 25.0 Å². The fourth-order valence-electron chi connectivity index (χ4n) is 1.19. The molecule has 1 aromatic rings. The Kier molecular flexibility index (Phi) is 5.10. The molecule has 0 aliphatic carbocycles. The Hall–Kier alpha value is -1.69. The molecule has 0 heterocycles. The standard InChI is InChI=1S/C12H15NO2/c1-14-11-6-5-7-12(10-11)15-9-4-2-3-8-13/h5-7,10H,2-4,9H2,1H3. The van der Waals surface area contributed by atoms with Crippen molar-refractivity contribution in [2.24, 2.45) is 0 Å². The SMILES string of the molecule is COc1cccc(OCCCCC#N)c1. The third-order valence-corrected chi connectivity index (χ3v) is 1.99. The Bertz CT molecular complexity index is 331. The third kappa shape index (κ3) is 4.37. The van der Waals surface area contributed by atoms with Crippen molar-refractivity contribution in [2.75, 3.05) is 13.7 Å². The quantitative estimate of drug-likeness (QED) is 0.670. The maximum atomic E-state index is 8.34. The van der Waals surface area contributed by atoms with Crippen LogP contribution in [0.15, 0.2) is 24.3 Å². The number of ether oxygens (including phenoxy) is 2. The van der Waals surface area contributed by atoms with Crippen LogP contribution in [0.5, 0.6) is 11.5 Å². The molecule has 0 aromatic heterocycles. The van der Waals surface area contributed by atoms with Crippen LogP contribution in [0.25, 0.3) is 0 Å². The number of hydrogen-bond acceptors (Lipinski definition) is 3. The molecule has 0 saturated carbocycles. The van der Waals surface area contributed by atoms with Gasteiger partial charge in [0.2, 0.25) is 0 Å². The molecule has 0 atom stereocenters. The average Bonchev–Trinajstić information content (AvgIpc) is 2.29. The molecule has 0 radical (unpaired) electrons. The fraction of sp³-hybridized carbons (Fsp3) is 0.417. The summed E-state index contributed by atoms with van der Waals surface area (Å²) in [5, 5.41) is 8.34. The summed E-state index contributed by atoms with van der Waals surface area (Å²) in [7, 11) is 1.63. The van der Waals surface area contributed by atoms with E-state index in [1.807, 2.05) is 24.3 Å². The maximum Gasteiger partial charge on any atom is 0.122 e. The van der Waals surface area contributed by atoms with Gasteiger partial charge in [0, 0.05) is 12.5 Å². The van der Waals surface area contributed by atoms with E-state index in [1.54, 1.807) is 7.11 Å². The van der Waals surface area contributed by atoms with Crippen LogP contribution in [0.2, 0.25) is 0 Å². The Balaban J connectivity index is 2.28. The van der Waals surface area contributed by atoms with E-state index in [1.165, 1.54) is 0 Å². The molecule has 80 valence electrons. The Morgan fingerprint density at radius 3 is 2.80 bits per heavy atom. The van der Waals surface area contributed by atoms with E-state index in [4.69, 9.17) is 14.7 Å². The second kappa shape index (κ2) is 6.72. The lowest BCUT2D eigenvalue weighted by atomic mass is 10.2. The van der Waals surface area contributed by atoms with Gasteiger partial charge in [0.1, 0.15) is 11.5 Å². The second-order valence-electron chi connectivity index (χ2n) is 3.14. The van der Waals surface area contributed by atoms with Gasteiger partial charge in [0.25, 0.3) is 0 Å². The van der Waals surface area contributed by atoms with Gasteiger partial charge < -0.3 is 9.47 Å². The first-order chi connectivity index (χ1) is 7.36. The van der Waals surface area contributed by atoms with Gasteiger partial charge in [-0.25, -0.2) is 0 Å². The topological polar surface area (TPSA) is 42.2 Å². The van der Waals surface area contributed by atoms with Crippen molar-refractivity contribution in [1.29, 1.82) is 5.26 Å². The lowest BCUT2D eigenvalue weighted by Crippen LogP contribution is -1.97. The molecular weight excluding hydrogens is 190 g/mol. The maximum absolute atomic E-state index is 8.34. The summed E-state index contributed by atoms with van der Waals surface area (Å²) in [6, 6.07) is 9.63. The van der Waals surface area contributed by atoms with Crippen LogP contribution in [-0.2, 0) is 0 Å². The summed E-state index contributed by atoms with van der Waals surface area (Å²) in [5.74, 6) is 1.61. The molecule has 1 rings (SSSR count). The molecule has 0 aliphatic heterocycles. The Morgan fingerprint density at radius 2 is 2.07 bits per heavy atom. The molecule has 3 heteroatoms. The van der Waals surface area contributed by atoms with Crippen LogP contribution in [-0.4, -0.2) is 13.7 Å². The number of hydrogen-bond donors (Lipinski definition) is 0. The van der Waals surface area contributed by atoms with Crippen molar-refractivity contribution in [2.45, 2.75) is 19.3 Å². The van der Waals surface area contributed by atoms with E-state index in [9.17, 15) is 0 Å². The van der Waals surface area contributed by atoms with Crippen molar-refractivity contribution >= 4 is 0 Å². The highest BCUT2D eigenvalue weighted by Crippen LogP contribution is 2.18. The van der Waals surface area contributed by atoms with Crippen LogP contribution >= 0.6 is 0 Å². The smallest absolute Gasteiger partial charge is 0.122 e. The molecule has 0 unspecified atom stereocenters. The second-order valence-corrected chi connectivity index (χ2v) is 3.14. The number of methoxy groups -OCH3 is 1. The number of nitriles is 1. The minimum absolute atomic E-state index is 0.599. The Morgan fingerprint density at radius 1 is 1.27 bits per heavy atom. The van der Waals surface area contributed by atoms with E-state index in [0.29, 0.717) is 13.0 Å². The highest BCUT2D eigenvalue weighted by molar-refractivity contribution is 5.32. The number of nitrogens with zero attached hydrogens (tertiary/aromatic N) is 1. The molecule has 0 saturated heterocycles. The highest BCUT2D eigenvalue weighted by atomic mass is 16.5. The zero-order valence-electron chi connectivity index (χ0n) is 8.90. The predicted molar refractivity (Wildman–Crippen MR) is 58.0 cm³/mol. The van der Waals surface area contributed by atoms with Crippen molar-refractivity contribution in [3.8, 4) is 17.6 Å². The third-order valence-electron chi connectivity index (χ3n) is 1.99. The van der Waals surface area contributed by atoms with Crippen LogP contribution < -0.4 is 9.47 Å². The zero-order chi connectivity index (χ0) is 10.9. The molecule has 0 aliphatic rings. The minimum Gasteiger partial charge on any atom is -0.497 e. The molecular formula is C12H15NO2. The van der Waals surface area contributed by atoms with Gasteiger partial charge in [-0.3, -0.25) is 0 Å². The van der Waals surface area contributed by atoms with E-state index < -0.39 is 0 Å². The van der Waals surface area contributed by atoms with E-state index >= 15 is 0 Å². The number of unbranched alkanes of at least 4 members (excludes halogenated alkanes) is 2. The summed E-state index contributed by atoms with van der Waals surface area (Å²) in [4.78, 5) is 0. The molecule has 0 spiro atoms. The van der Waals surface area contributed by atoms with Gasteiger partial charge in [-0.2, -0.15) is 5.26 Å². The summed E-state index contributed by atoms with van der Waals surface area (Å²) >= 11 is 0. The van der Waals surface area contributed by atoms with Gasteiger partial charge in [0.05, 0.1) is 19.8 Å². The zero-order valence-corrected chi connectivity index (χ0v) is 8.90. The number of benzene rings is 1. The first kappa shape index (κ1) is 11.4. The van der Waals surface area contributed by atoms with Crippen molar-refractivity contribution in [3.63, 3.8) is 0 Å². The van der Waals surface area contributed by atoms with Crippen molar-refractivity contribution in [3.05, 3.63) is 24.3 Å². The molecule has 15 heavy (non-hydrogen) atoms. The van der Waals surface area contributed by atoms with Crippen LogP contribution in [0, 0.1) is 11.3 Å². The molecule has 1 aromatic carbocycles. The van der Waals surface area contributed by atoms with Crippen LogP contribution in [0.4, 0.5) is 0 Å². The van der Waals surface area contributed by atoms with E-state index in [-0.39, 0.29) is 0 Å². The average molecular weight is 205 g/mol. The van der Waals surface area contributed by atoms with Crippen LogP contribution in [0.3, 0.4) is 0 Å². The molecule has 3 nitrogen and oxygen atoms in total. The van der Waals surface area contributed by atoms with E-state index in [0.717, 1.165) is 24.3 Å². The molecule has 0 amide bonds. The van der Waals surface area contributed by atoms with E-state index in [2.05, 4.69) is 6.07 Å². The normalized spacial score (nSPS) is 9.33. The summed E-state index contributed by atoms with van der Waals surface area (Å²) < 4.78 is 10.6. The Labute approximate surface area is 90.2 Å². The lowest BCUT2D eigenvalue weighted by molar-refractivity contribution is 0.305. The monoisotopic (exact) mass is 205 g/mol. The summed E-state index contributed by atoms with van der Waals surface area (Å²) in [5.41, 5.74) is 0. The first-order valence-corrected chi connectivity index (χ1v) is 5.00. The fourth-order valence-corrected chi connectivity index (χ4v) is 1.19. The molecule has 0 N–H and O–H groups in total. The molecule has 0 bridgehead atoms. The lowest BCUT2D eigenvalue weighted by Gasteiger charge is -2.06.